The van der Waals surface area contributed by atoms with E-state index in [1.165, 1.54) is 10.9 Å². The van der Waals surface area contributed by atoms with Gasteiger partial charge in [-0.15, -0.1) is 0 Å². The molecule has 1 N–H and O–H groups in total. The minimum Gasteiger partial charge on any atom is -0.442 e. The Kier molecular flexibility index (Phi) is 4.19. The van der Waals surface area contributed by atoms with Gasteiger partial charge >= 0.3 is 0 Å². The molecule has 7 heteroatoms. The lowest BCUT2D eigenvalue weighted by molar-refractivity contribution is 0.0948. The molecule has 2 aromatic rings. The number of carbonyl (C=O) groups is 1. The fourth-order valence-electron chi connectivity index (χ4n) is 1.97. The number of aromatic nitrogens is 2. The third-order valence-corrected chi connectivity index (χ3v) is 2.99. The number of hydrogen-bond acceptors (Lipinski definition) is 5. The van der Waals surface area contributed by atoms with Crippen LogP contribution in [0.3, 0.4) is 0 Å². The summed E-state index contributed by atoms with van der Waals surface area (Å²) in [5, 5.41) is 2.96. The Hall–Kier alpha value is -2.15. The quantitative estimate of drug-likeness (QED) is 0.810. The van der Waals surface area contributed by atoms with E-state index in [0.29, 0.717) is 25.3 Å². The van der Waals surface area contributed by atoms with Crippen LogP contribution in [-0.4, -0.2) is 35.7 Å². The molecule has 2 rings (SSSR count). The van der Waals surface area contributed by atoms with E-state index in [2.05, 4.69) is 10.3 Å². The van der Waals surface area contributed by atoms with Gasteiger partial charge in [0.25, 0.3) is 11.5 Å². The van der Waals surface area contributed by atoms with Crippen molar-refractivity contribution in [3.05, 3.63) is 28.0 Å². The van der Waals surface area contributed by atoms with Gasteiger partial charge in [-0.05, 0) is 13.3 Å². The minimum absolute atomic E-state index is 0.188. The Morgan fingerprint density at radius 1 is 1.55 bits per heavy atom. The summed E-state index contributed by atoms with van der Waals surface area (Å²) in [7, 11) is 3.18. The zero-order valence-corrected chi connectivity index (χ0v) is 11.7. The summed E-state index contributed by atoms with van der Waals surface area (Å²) in [4.78, 5) is 28.3. The topological polar surface area (TPSA) is 86.4 Å². The van der Waals surface area contributed by atoms with Crippen molar-refractivity contribution >= 4 is 17.0 Å². The van der Waals surface area contributed by atoms with E-state index < -0.39 is 0 Å². The van der Waals surface area contributed by atoms with Crippen LogP contribution in [0.2, 0.25) is 0 Å². The molecule has 0 spiro atoms. The van der Waals surface area contributed by atoms with E-state index in [-0.39, 0.29) is 28.1 Å². The monoisotopic (exact) mass is 279 g/mol. The summed E-state index contributed by atoms with van der Waals surface area (Å²) in [6.45, 7) is 2.68. The number of aryl methyl sites for hydroxylation is 2. The summed E-state index contributed by atoms with van der Waals surface area (Å²) >= 11 is 0. The predicted molar refractivity (Wildman–Crippen MR) is 72.8 cm³/mol. The number of amides is 1. The Bertz CT molecular complexity index is 687. The maximum Gasteiger partial charge on any atom is 0.265 e. The van der Waals surface area contributed by atoms with Crippen molar-refractivity contribution in [1.29, 1.82) is 0 Å². The largest absolute Gasteiger partial charge is 0.442 e. The van der Waals surface area contributed by atoms with E-state index in [1.807, 2.05) is 0 Å². The lowest BCUT2D eigenvalue weighted by Crippen LogP contribution is -2.27. The van der Waals surface area contributed by atoms with E-state index in [9.17, 15) is 9.59 Å². The molecule has 0 unspecified atom stereocenters. The van der Waals surface area contributed by atoms with Crippen molar-refractivity contribution in [2.24, 2.45) is 7.05 Å². The minimum atomic E-state index is -0.331. The first-order chi connectivity index (χ1) is 9.56. The molecule has 20 heavy (non-hydrogen) atoms. The standard InChI is InChI=1S/C13H17N3O4/c1-8-9(11(17)14-5-4-6-19-3)10-12(20-8)15-7-16(2)13(10)18/h7H,4-6H2,1-3H3,(H,14,17). The number of fused-ring (bicyclic) bond motifs is 1. The summed E-state index contributed by atoms with van der Waals surface area (Å²) in [5.41, 5.74) is 0.146. The maximum absolute atomic E-state index is 12.2. The first-order valence-electron chi connectivity index (χ1n) is 6.28. The number of nitrogens with zero attached hydrogens (tertiary/aromatic N) is 2. The Labute approximate surface area is 115 Å². The Balaban J connectivity index is 2.34. The highest BCUT2D eigenvalue weighted by Crippen LogP contribution is 2.20. The molecule has 0 atom stereocenters. The molecule has 0 aliphatic heterocycles. The van der Waals surface area contributed by atoms with E-state index in [0.717, 1.165) is 0 Å². The molecule has 108 valence electrons. The molecular formula is C13H17N3O4. The molecular weight excluding hydrogens is 262 g/mol. The van der Waals surface area contributed by atoms with Crippen molar-refractivity contribution in [2.75, 3.05) is 20.3 Å². The highest BCUT2D eigenvalue weighted by Gasteiger charge is 2.21. The Morgan fingerprint density at radius 3 is 3.00 bits per heavy atom. The molecule has 2 heterocycles. The molecule has 0 saturated carbocycles. The lowest BCUT2D eigenvalue weighted by atomic mass is 10.2. The maximum atomic E-state index is 12.2. The van der Waals surface area contributed by atoms with Crippen LogP contribution in [-0.2, 0) is 11.8 Å². The number of rotatable bonds is 5. The Morgan fingerprint density at radius 2 is 2.30 bits per heavy atom. The van der Waals surface area contributed by atoms with Gasteiger partial charge in [0, 0.05) is 27.3 Å². The highest BCUT2D eigenvalue weighted by atomic mass is 16.5. The van der Waals surface area contributed by atoms with Gasteiger partial charge < -0.3 is 19.0 Å². The van der Waals surface area contributed by atoms with Crippen molar-refractivity contribution in [2.45, 2.75) is 13.3 Å². The SMILES string of the molecule is COCCCNC(=O)c1c(C)oc2ncn(C)c(=O)c12. The zero-order valence-electron chi connectivity index (χ0n) is 11.7. The van der Waals surface area contributed by atoms with Crippen molar-refractivity contribution < 1.29 is 13.9 Å². The van der Waals surface area contributed by atoms with E-state index >= 15 is 0 Å². The average molecular weight is 279 g/mol. The van der Waals surface area contributed by atoms with Gasteiger partial charge in [0.2, 0.25) is 5.71 Å². The number of ether oxygens (including phenoxy) is 1. The van der Waals surface area contributed by atoms with Crippen molar-refractivity contribution in [3.8, 4) is 0 Å². The third kappa shape index (κ3) is 2.57. The fraction of sp³-hybridized carbons (Fsp3) is 0.462. The van der Waals surface area contributed by atoms with Crippen LogP contribution >= 0.6 is 0 Å². The molecule has 0 saturated heterocycles. The fourth-order valence-corrected chi connectivity index (χ4v) is 1.97. The van der Waals surface area contributed by atoms with Gasteiger partial charge in [-0.2, -0.15) is 0 Å². The van der Waals surface area contributed by atoms with E-state index in [4.69, 9.17) is 9.15 Å². The van der Waals surface area contributed by atoms with Gasteiger partial charge in [0.05, 0.1) is 5.56 Å². The normalized spacial score (nSPS) is 10.9. The molecule has 2 aromatic heterocycles. The van der Waals surface area contributed by atoms with Crippen LogP contribution in [0.5, 0.6) is 0 Å². The highest BCUT2D eigenvalue weighted by molar-refractivity contribution is 6.06. The van der Waals surface area contributed by atoms with Gasteiger partial charge in [0.1, 0.15) is 17.5 Å². The predicted octanol–water partition coefficient (Wildman–Crippen LogP) is 0.601. The first-order valence-corrected chi connectivity index (χ1v) is 6.28. The number of nitrogens with one attached hydrogen (secondary N) is 1. The zero-order chi connectivity index (χ0) is 14.7. The van der Waals surface area contributed by atoms with Crippen LogP contribution in [0, 0.1) is 6.92 Å². The molecule has 0 aliphatic carbocycles. The average Bonchev–Trinajstić information content (AvgIpc) is 2.76. The number of methoxy groups -OCH3 is 1. The second-order valence-electron chi connectivity index (χ2n) is 4.48. The smallest absolute Gasteiger partial charge is 0.265 e. The summed E-state index contributed by atoms with van der Waals surface area (Å²) in [6, 6.07) is 0. The second kappa shape index (κ2) is 5.87. The van der Waals surface area contributed by atoms with Gasteiger partial charge in [-0.3, -0.25) is 9.59 Å². The van der Waals surface area contributed by atoms with Gasteiger partial charge in [-0.1, -0.05) is 0 Å². The van der Waals surface area contributed by atoms with Crippen LogP contribution in [0.1, 0.15) is 22.5 Å². The molecule has 0 fully saturated rings. The summed E-state index contributed by atoms with van der Waals surface area (Å²) in [5.74, 6) is 0.0579. The lowest BCUT2D eigenvalue weighted by Gasteiger charge is -2.04. The second-order valence-corrected chi connectivity index (χ2v) is 4.48. The van der Waals surface area contributed by atoms with Crippen LogP contribution in [0.4, 0.5) is 0 Å². The number of carbonyl (C=O) groups excluding carboxylic acids is 1. The molecule has 7 nitrogen and oxygen atoms in total. The van der Waals surface area contributed by atoms with Crippen molar-refractivity contribution in [3.63, 3.8) is 0 Å². The van der Waals surface area contributed by atoms with Gasteiger partial charge in [0.15, 0.2) is 0 Å². The number of hydrogen-bond donors (Lipinski definition) is 1. The molecule has 0 aromatic carbocycles. The number of furan rings is 1. The van der Waals surface area contributed by atoms with Crippen LogP contribution < -0.4 is 10.9 Å². The van der Waals surface area contributed by atoms with Crippen molar-refractivity contribution in [1.82, 2.24) is 14.9 Å². The van der Waals surface area contributed by atoms with Gasteiger partial charge in [-0.25, -0.2) is 4.98 Å². The summed E-state index contributed by atoms with van der Waals surface area (Å²) in [6.07, 6.45) is 2.07. The van der Waals surface area contributed by atoms with Crippen LogP contribution in [0.15, 0.2) is 15.5 Å². The third-order valence-electron chi connectivity index (χ3n) is 2.99. The summed E-state index contributed by atoms with van der Waals surface area (Å²) < 4.78 is 11.6. The first kappa shape index (κ1) is 14.3. The molecule has 1 amide bonds. The molecule has 0 aliphatic rings. The van der Waals surface area contributed by atoms with E-state index in [1.54, 1.807) is 21.1 Å². The molecule has 0 radical (unpaired) electrons. The van der Waals surface area contributed by atoms with Crippen LogP contribution in [0.25, 0.3) is 11.1 Å². The molecule has 0 bridgehead atoms.